The van der Waals surface area contributed by atoms with Crippen LogP contribution in [0.4, 0.5) is 17.1 Å². The van der Waals surface area contributed by atoms with Crippen molar-refractivity contribution >= 4 is 82.5 Å². The third-order valence-electron chi connectivity index (χ3n) is 10.6. The second kappa shape index (κ2) is 11.7. The van der Waals surface area contributed by atoms with Crippen LogP contribution >= 0.6 is 0 Å². The largest absolute Gasteiger partial charge is 0.455 e. The van der Waals surface area contributed by atoms with E-state index in [1.165, 1.54) is 5.39 Å². The lowest BCUT2D eigenvalue weighted by atomic mass is 9.96. The molecule has 9 aromatic carbocycles. The van der Waals surface area contributed by atoms with Crippen molar-refractivity contribution in [2.45, 2.75) is 0 Å². The summed E-state index contributed by atoms with van der Waals surface area (Å²) in [6, 6.07) is 66.7. The summed E-state index contributed by atoms with van der Waals surface area (Å²) < 4.78 is 13.5. The van der Waals surface area contributed by atoms with Gasteiger partial charge >= 0.3 is 0 Å². The first-order valence-electron chi connectivity index (χ1n) is 18.0. The molecule has 0 atom stereocenters. The van der Waals surface area contributed by atoms with Gasteiger partial charge in [0.05, 0.1) is 22.4 Å². The maximum absolute atomic E-state index is 6.81. The Kier molecular flexibility index (Phi) is 6.55. The molecule has 2 aromatic heterocycles. The first kappa shape index (κ1) is 29.6. The van der Waals surface area contributed by atoms with Crippen molar-refractivity contribution in [3.63, 3.8) is 0 Å². The molecule has 0 N–H and O–H groups in total. The van der Waals surface area contributed by atoms with Crippen molar-refractivity contribution in [3.8, 4) is 22.3 Å². The van der Waals surface area contributed by atoms with Gasteiger partial charge in [-0.2, -0.15) is 0 Å². The van der Waals surface area contributed by atoms with E-state index in [0.717, 1.165) is 99.4 Å². The number of benzene rings is 9. The number of nitrogens with zero attached hydrogens (tertiary/aromatic N) is 1. The molecule has 0 saturated carbocycles. The van der Waals surface area contributed by atoms with Crippen LogP contribution in [0.2, 0.25) is 0 Å². The van der Waals surface area contributed by atoms with Crippen molar-refractivity contribution in [2.24, 2.45) is 0 Å². The molecule has 3 nitrogen and oxygen atoms in total. The van der Waals surface area contributed by atoms with Crippen molar-refractivity contribution in [1.82, 2.24) is 0 Å². The average molecular weight is 678 g/mol. The number of hydrogen-bond acceptors (Lipinski definition) is 3. The second-order valence-electron chi connectivity index (χ2n) is 13.6. The van der Waals surface area contributed by atoms with Gasteiger partial charge in [0.2, 0.25) is 0 Å². The monoisotopic (exact) mass is 677 g/mol. The number of rotatable bonds is 5. The summed E-state index contributed by atoms with van der Waals surface area (Å²) in [5, 5.41) is 9.00. The third-order valence-corrected chi connectivity index (χ3v) is 10.6. The Bertz CT molecular complexity index is 3190. The summed E-state index contributed by atoms with van der Waals surface area (Å²) in [7, 11) is 0. The molecule has 0 bridgehead atoms. The third kappa shape index (κ3) is 4.61. The van der Waals surface area contributed by atoms with Gasteiger partial charge in [0.1, 0.15) is 22.3 Å². The van der Waals surface area contributed by atoms with Gasteiger partial charge in [0, 0.05) is 38.2 Å². The number of anilines is 3. The first-order valence-corrected chi connectivity index (χ1v) is 18.0. The molecule has 0 aliphatic heterocycles. The molecule has 0 amide bonds. The minimum Gasteiger partial charge on any atom is -0.455 e. The van der Waals surface area contributed by atoms with Gasteiger partial charge in [-0.3, -0.25) is 0 Å². The predicted molar refractivity (Wildman–Crippen MR) is 222 cm³/mol. The second-order valence-corrected chi connectivity index (χ2v) is 13.6. The van der Waals surface area contributed by atoms with Crippen molar-refractivity contribution in [1.29, 1.82) is 0 Å². The molecule has 0 saturated heterocycles. The first-order chi connectivity index (χ1) is 26.3. The fourth-order valence-corrected chi connectivity index (χ4v) is 8.23. The molecule has 53 heavy (non-hydrogen) atoms. The highest BCUT2D eigenvalue weighted by molar-refractivity contribution is 6.20. The Morgan fingerprint density at radius 3 is 1.77 bits per heavy atom. The van der Waals surface area contributed by atoms with Crippen LogP contribution in [0.1, 0.15) is 0 Å². The van der Waals surface area contributed by atoms with Crippen LogP contribution in [0.15, 0.2) is 197 Å². The van der Waals surface area contributed by atoms with E-state index < -0.39 is 0 Å². The summed E-state index contributed by atoms with van der Waals surface area (Å²) in [4.78, 5) is 2.42. The Labute approximate surface area is 305 Å². The topological polar surface area (TPSA) is 29.5 Å². The van der Waals surface area contributed by atoms with Gasteiger partial charge < -0.3 is 13.7 Å². The number of para-hydroxylation sites is 3. The molecule has 0 aliphatic carbocycles. The summed E-state index contributed by atoms with van der Waals surface area (Å²) >= 11 is 0. The Balaban J connectivity index is 1.22. The quantitative estimate of drug-likeness (QED) is 0.182. The minimum atomic E-state index is 0.847. The zero-order valence-electron chi connectivity index (χ0n) is 28.7. The average Bonchev–Trinajstić information content (AvgIpc) is 3.80. The zero-order chi connectivity index (χ0) is 34.9. The molecule has 0 spiro atoms. The summed E-state index contributed by atoms with van der Waals surface area (Å²) in [5.41, 5.74) is 11.0. The Hall–Kier alpha value is -7.10. The van der Waals surface area contributed by atoms with Gasteiger partial charge in [0.15, 0.2) is 0 Å². The van der Waals surface area contributed by atoms with E-state index in [9.17, 15) is 0 Å². The summed E-state index contributed by atoms with van der Waals surface area (Å²) in [6.07, 6.45) is 0. The maximum atomic E-state index is 6.81. The zero-order valence-corrected chi connectivity index (χ0v) is 28.7. The number of furan rings is 2. The van der Waals surface area contributed by atoms with Gasteiger partial charge in [-0.25, -0.2) is 0 Å². The fourth-order valence-electron chi connectivity index (χ4n) is 8.23. The van der Waals surface area contributed by atoms with E-state index in [1.54, 1.807) is 0 Å². The van der Waals surface area contributed by atoms with Crippen LogP contribution in [0.25, 0.3) is 87.7 Å². The molecule has 248 valence electrons. The molecule has 0 radical (unpaired) electrons. The number of fused-ring (bicyclic) bond motifs is 9. The highest BCUT2D eigenvalue weighted by atomic mass is 16.3. The molecular formula is C50H31NO2. The molecular weight excluding hydrogens is 647 g/mol. The lowest BCUT2D eigenvalue weighted by molar-refractivity contribution is 0.670. The smallest absolute Gasteiger partial charge is 0.143 e. The lowest BCUT2D eigenvalue weighted by Gasteiger charge is -2.30. The van der Waals surface area contributed by atoms with Gasteiger partial charge in [-0.1, -0.05) is 146 Å². The van der Waals surface area contributed by atoms with E-state index in [2.05, 4.69) is 193 Å². The van der Waals surface area contributed by atoms with Crippen LogP contribution in [0, 0.1) is 0 Å². The lowest BCUT2D eigenvalue weighted by Crippen LogP contribution is -2.12. The molecule has 0 aliphatic rings. The van der Waals surface area contributed by atoms with Crippen LogP contribution in [0.5, 0.6) is 0 Å². The normalized spacial score (nSPS) is 11.8. The maximum Gasteiger partial charge on any atom is 0.143 e. The molecule has 0 fully saturated rings. The van der Waals surface area contributed by atoms with Crippen molar-refractivity contribution in [2.75, 3.05) is 4.90 Å². The van der Waals surface area contributed by atoms with Crippen LogP contribution < -0.4 is 4.90 Å². The molecule has 0 unspecified atom stereocenters. The standard InChI is InChI=1S/C50H31NO2/c1-2-14-32(15-3-1)36-19-8-10-24-43(36)51(45-26-13-27-46-48(45)41-29-28-33-16-6-7-20-37(33)49(41)52-46)44-25-11-9-21-38(44)39-22-12-23-40-42-30-34-17-4-5-18-35(34)31-47(42)53-50(39)40/h1-31H. The van der Waals surface area contributed by atoms with E-state index in [0.29, 0.717) is 0 Å². The van der Waals surface area contributed by atoms with Crippen molar-refractivity contribution in [3.05, 3.63) is 188 Å². The molecule has 2 heterocycles. The van der Waals surface area contributed by atoms with E-state index in [1.807, 2.05) is 0 Å². The van der Waals surface area contributed by atoms with E-state index in [4.69, 9.17) is 8.83 Å². The van der Waals surface area contributed by atoms with E-state index in [-0.39, 0.29) is 0 Å². The van der Waals surface area contributed by atoms with Gasteiger partial charge in [-0.15, -0.1) is 0 Å². The van der Waals surface area contributed by atoms with Crippen LogP contribution in [0.3, 0.4) is 0 Å². The SMILES string of the molecule is c1ccc(-c2ccccc2N(c2ccccc2-c2cccc3c2oc2cc4ccccc4cc23)c2cccc3oc4c5ccccc5ccc4c23)cc1. The molecule has 11 rings (SSSR count). The highest BCUT2D eigenvalue weighted by Gasteiger charge is 2.25. The Morgan fingerprint density at radius 1 is 0.321 bits per heavy atom. The Morgan fingerprint density at radius 2 is 0.925 bits per heavy atom. The van der Waals surface area contributed by atoms with Crippen LogP contribution in [-0.2, 0) is 0 Å². The molecule has 3 heteroatoms. The minimum absolute atomic E-state index is 0.847. The predicted octanol–water partition coefficient (Wildman–Crippen LogP) is 14.6. The fraction of sp³-hybridized carbons (Fsp3) is 0. The molecule has 11 aromatic rings. The van der Waals surface area contributed by atoms with Gasteiger partial charge in [-0.05, 0) is 64.2 Å². The number of hydrogen-bond donors (Lipinski definition) is 0. The van der Waals surface area contributed by atoms with Gasteiger partial charge in [0.25, 0.3) is 0 Å². The highest BCUT2D eigenvalue weighted by Crippen LogP contribution is 2.50. The van der Waals surface area contributed by atoms with Crippen molar-refractivity contribution < 1.29 is 8.83 Å². The van der Waals surface area contributed by atoms with Crippen LogP contribution in [-0.4, -0.2) is 0 Å². The van der Waals surface area contributed by atoms with E-state index >= 15 is 0 Å². The summed E-state index contributed by atoms with van der Waals surface area (Å²) in [5.74, 6) is 0. The summed E-state index contributed by atoms with van der Waals surface area (Å²) in [6.45, 7) is 0.